The number of ketones is 1. The summed E-state index contributed by atoms with van der Waals surface area (Å²) in [7, 11) is 2.91. The molecule has 0 radical (unpaired) electrons. The van der Waals surface area contributed by atoms with Gasteiger partial charge in [0, 0.05) is 26.6 Å². The molecule has 0 N–H and O–H groups in total. The lowest BCUT2D eigenvalue weighted by Crippen LogP contribution is -2.49. The predicted octanol–water partition coefficient (Wildman–Crippen LogP) is 1.69. The van der Waals surface area contributed by atoms with E-state index in [2.05, 4.69) is 0 Å². The summed E-state index contributed by atoms with van der Waals surface area (Å²) in [6.45, 7) is 3.57. The summed E-state index contributed by atoms with van der Waals surface area (Å²) in [6, 6.07) is 0. The molecule has 1 saturated carbocycles. The zero-order valence-corrected chi connectivity index (χ0v) is 11.5. The van der Waals surface area contributed by atoms with Gasteiger partial charge in [-0.05, 0) is 26.7 Å². The molecule has 0 amide bonds. The van der Waals surface area contributed by atoms with E-state index < -0.39 is 5.79 Å². The highest BCUT2D eigenvalue weighted by Crippen LogP contribution is 2.34. The van der Waals surface area contributed by atoms with E-state index in [1.807, 2.05) is 0 Å². The summed E-state index contributed by atoms with van der Waals surface area (Å²) in [6.07, 6.45) is 1.96. The van der Waals surface area contributed by atoms with Gasteiger partial charge in [0.25, 0.3) is 0 Å². The largest absolute Gasteiger partial charge is 0.463 e. The molecule has 1 unspecified atom stereocenters. The summed E-state index contributed by atoms with van der Waals surface area (Å²) < 4.78 is 15.5. The minimum absolute atomic E-state index is 0.103. The van der Waals surface area contributed by atoms with Gasteiger partial charge in [-0.3, -0.25) is 9.59 Å². The molecule has 5 nitrogen and oxygen atoms in total. The maximum absolute atomic E-state index is 12.3. The van der Waals surface area contributed by atoms with E-state index >= 15 is 0 Å². The lowest BCUT2D eigenvalue weighted by atomic mass is 9.81. The SMILES string of the molecule is COC1(OC)CCCC(CC(=O)OC(C)C)C1=O. The molecule has 104 valence electrons. The Balaban J connectivity index is 2.67. The second-order valence-electron chi connectivity index (χ2n) is 4.86. The molecule has 0 aromatic heterocycles. The molecule has 0 aromatic rings. The Morgan fingerprint density at radius 1 is 1.39 bits per heavy atom. The van der Waals surface area contributed by atoms with Crippen molar-refractivity contribution >= 4 is 11.8 Å². The van der Waals surface area contributed by atoms with Gasteiger partial charge in [-0.2, -0.15) is 0 Å². The first kappa shape index (κ1) is 15.1. The first-order chi connectivity index (χ1) is 8.45. The monoisotopic (exact) mass is 258 g/mol. The van der Waals surface area contributed by atoms with Gasteiger partial charge in [-0.1, -0.05) is 0 Å². The molecule has 0 heterocycles. The lowest BCUT2D eigenvalue weighted by Gasteiger charge is -2.36. The number of hydrogen-bond acceptors (Lipinski definition) is 5. The average molecular weight is 258 g/mol. The molecule has 5 heteroatoms. The Morgan fingerprint density at radius 2 is 2.00 bits per heavy atom. The molecular weight excluding hydrogens is 236 g/mol. The Bertz CT molecular complexity index is 307. The molecule has 0 aromatic carbocycles. The highest BCUT2D eigenvalue weighted by Gasteiger charge is 2.46. The number of ether oxygens (including phenoxy) is 3. The number of Topliss-reactive ketones (excluding diaryl/α,β-unsaturated/α-hetero) is 1. The van der Waals surface area contributed by atoms with Gasteiger partial charge in [-0.25, -0.2) is 0 Å². The van der Waals surface area contributed by atoms with E-state index in [0.29, 0.717) is 12.8 Å². The predicted molar refractivity (Wildman–Crippen MR) is 64.9 cm³/mol. The van der Waals surface area contributed by atoms with E-state index in [1.54, 1.807) is 13.8 Å². The van der Waals surface area contributed by atoms with Crippen molar-refractivity contribution in [3.63, 3.8) is 0 Å². The molecule has 0 saturated heterocycles. The summed E-state index contributed by atoms with van der Waals surface area (Å²) in [5.41, 5.74) is 0. The van der Waals surface area contributed by atoms with E-state index in [4.69, 9.17) is 14.2 Å². The van der Waals surface area contributed by atoms with Gasteiger partial charge < -0.3 is 14.2 Å². The van der Waals surface area contributed by atoms with Crippen LogP contribution in [0.5, 0.6) is 0 Å². The van der Waals surface area contributed by atoms with E-state index in [9.17, 15) is 9.59 Å². The second-order valence-corrected chi connectivity index (χ2v) is 4.86. The molecule has 1 rings (SSSR count). The topological polar surface area (TPSA) is 61.8 Å². The first-order valence-electron chi connectivity index (χ1n) is 6.29. The van der Waals surface area contributed by atoms with Gasteiger partial charge in [0.1, 0.15) is 0 Å². The van der Waals surface area contributed by atoms with E-state index in [-0.39, 0.29) is 30.2 Å². The van der Waals surface area contributed by atoms with Crippen molar-refractivity contribution in [1.29, 1.82) is 0 Å². The zero-order valence-electron chi connectivity index (χ0n) is 11.5. The Hall–Kier alpha value is -0.940. The van der Waals surface area contributed by atoms with Crippen LogP contribution in [-0.4, -0.2) is 37.9 Å². The van der Waals surface area contributed by atoms with Crippen LogP contribution in [0, 0.1) is 5.92 Å². The first-order valence-corrected chi connectivity index (χ1v) is 6.29. The van der Waals surface area contributed by atoms with Crippen molar-refractivity contribution in [3.8, 4) is 0 Å². The Labute approximate surface area is 108 Å². The zero-order chi connectivity index (χ0) is 13.8. The van der Waals surface area contributed by atoms with Crippen LogP contribution in [0.15, 0.2) is 0 Å². The van der Waals surface area contributed by atoms with Gasteiger partial charge in [-0.15, -0.1) is 0 Å². The third-order valence-electron chi connectivity index (χ3n) is 3.24. The van der Waals surface area contributed by atoms with Crippen molar-refractivity contribution in [2.45, 2.75) is 51.4 Å². The average Bonchev–Trinajstić information content (AvgIpc) is 2.31. The number of carbonyl (C=O) groups is 2. The van der Waals surface area contributed by atoms with Gasteiger partial charge in [0.2, 0.25) is 5.79 Å². The highest BCUT2D eigenvalue weighted by molar-refractivity contribution is 5.91. The quantitative estimate of drug-likeness (QED) is 0.554. The van der Waals surface area contributed by atoms with Crippen LogP contribution < -0.4 is 0 Å². The summed E-state index contributed by atoms with van der Waals surface area (Å²) in [5.74, 6) is -2.04. The van der Waals surface area contributed by atoms with E-state index in [0.717, 1.165) is 6.42 Å². The van der Waals surface area contributed by atoms with Crippen molar-refractivity contribution in [2.75, 3.05) is 14.2 Å². The van der Waals surface area contributed by atoms with Crippen LogP contribution >= 0.6 is 0 Å². The lowest BCUT2D eigenvalue weighted by molar-refractivity contribution is -0.220. The minimum Gasteiger partial charge on any atom is -0.463 e. The molecule has 0 bridgehead atoms. The molecule has 18 heavy (non-hydrogen) atoms. The second kappa shape index (κ2) is 6.29. The smallest absolute Gasteiger partial charge is 0.306 e. The van der Waals surface area contributed by atoms with Crippen LogP contribution in [0.1, 0.15) is 39.5 Å². The summed E-state index contributed by atoms with van der Waals surface area (Å²) in [5, 5.41) is 0. The van der Waals surface area contributed by atoms with Crippen LogP contribution in [0.4, 0.5) is 0 Å². The third-order valence-corrected chi connectivity index (χ3v) is 3.24. The third kappa shape index (κ3) is 3.29. The fraction of sp³-hybridized carbons (Fsp3) is 0.846. The van der Waals surface area contributed by atoms with Crippen molar-refractivity contribution in [3.05, 3.63) is 0 Å². The number of esters is 1. The van der Waals surface area contributed by atoms with Crippen molar-refractivity contribution < 1.29 is 23.8 Å². The normalized spacial score (nSPS) is 23.2. The van der Waals surface area contributed by atoms with E-state index in [1.165, 1.54) is 14.2 Å². The van der Waals surface area contributed by atoms with Gasteiger partial charge >= 0.3 is 5.97 Å². The maximum atomic E-state index is 12.3. The standard InChI is InChI=1S/C13H22O5/c1-9(2)18-11(14)8-10-6-5-7-13(16-3,17-4)12(10)15/h9-10H,5-8H2,1-4H3. The molecule has 0 spiro atoms. The molecule has 1 fully saturated rings. The van der Waals surface area contributed by atoms with Gasteiger partial charge in [0.15, 0.2) is 5.78 Å². The number of hydrogen-bond donors (Lipinski definition) is 0. The molecule has 1 atom stereocenters. The molecule has 1 aliphatic rings. The highest BCUT2D eigenvalue weighted by atomic mass is 16.7. The number of rotatable bonds is 5. The summed E-state index contributed by atoms with van der Waals surface area (Å²) in [4.78, 5) is 23.9. The van der Waals surface area contributed by atoms with Crippen molar-refractivity contribution in [1.82, 2.24) is 0 Å². The van der Waals surface area contributed by atoms with Crippen LogP contribution in [-0.2, 0) is 23.8 Å². The fourth-order valence-electron chi connectivity index (χ4n) is 2.34. The minimum atomic E-state index is -1.18. The molecule has 0 aliphatic heterocycles. The Kier molecular flexibility index (Phi) is 5.28. The van der Waals surface area contributed by atoms with Gasteiger partial charge in [0.05, 0.1) is 12.5 Å². The van der Waals surface area contributed by atoms with Crippen LogP contribution in [0.3, 0.4) is 0 Å². The van der Waals surface area contributed by atoms with Crippen molar-refractivity contribution in [2.24, 2.45) is 5.92 Å². The molecular formula is C13H22O5. The van der Waals surface area contributed by atoms with Crippen LogP contribution in [0.25, 0.3) is 0 Å². The Morgan fingerprint density at radius 3 is 2.50 bits per heavy atom. The van der Waals surface area contributed by atoms with Crippen LogP contribution in [0.2, 0.25) is 0 Å². The number of methoxy groups -OCH3 is 2. The molecule has 1 aliphatic carbocycles. The number of carbonyl (C=O) groups excluding carboxylic acids is 2. The summed E-state index contributed by atoms with van der Waals surface area (Å²) >= 11 is 0. The maximum Gasteiger partial charge on any atom is 0.306 e. The fourth-order valence-corrected chi connectivity index (χ4v) is 2.34.